The lowest BCUT2D eigenvalue weighted by atomic mass is 9.99. The largest absolute Gasteiger partial charge is 0.489 e. The van der Waals surface area contributed by atoms with Gasteiger partial charge < -0.3 is 4.74 Å². The highest BCUT2D eigenvalue weighted by Crippen LogP contribution is 2.42. The predicted octanol–water partition coefficient (Wildman–Crippen LogP) is 2.49. The molecule has 1 heteroatoms. The second-order valence-electron chi connectivity index (χ2n) is 3.38. The Balaban J connectivity index is 2.14. The number of hydrogen-bond donors (Lipinski definition) is 0. The van der Waals surface area contributed by atoms with Crippen molar-refractivity contribution in [1.82, 2.24) is 0 Å². The molecule has 2 unspecified atom stereocenters. The number of fused-ring (bicyclic) bond motifs is 3. The molecule has 60 valence electrons. The lowest BCUT2D eigenvalue weighted by Crippen LogP contribution is -2.11. The van der Waals surface area contributed by atoms with Gasteiger partial charge in [-0.15, -0.1) is 0 Å². The van der Waals surface area contributed by atoms with E-state index < -0.39 is 0 Å². The van der Waals surface area contributed by atoms with Crippen LogP contribution in [-0.2, 0) is 0 Å². The number of benzene rings is 1. The van der Waals surface area contributed by atoms with Gasteiger partial charge in [0, 0.05) is 17.9 Å². The maximum atomic E-state index is 5.77. The first-order valence-corrected chi connectivity index (χ1v) is 4.37. The van der Waals surface area contributed by atoms with Crippen molar-refractivity contribution in [3.63, 3.8) is 0 Å². The Labute approximate surface area is 71.7 Å². The molecule has 0 amide bonds. The molecule has 0 spiro atoms. The topological polar surface area (TPSA) is 9.23 Å². The van der Waals surface area contributed by atoms with E-state index in [0.717, 1.165) is 12.2 Å². The summed E-state index contributed by atoms with van der Waals surface area (Å²) in [5.74, 6) is 1.61. The average Bonchev–Trinajstić information content (AvgIpc) is 2.62. The number of para-hydroxylation sites is 1. The molecule has 0 saturated heterocycles. The van der Waals surface area contributed by atoms with Crippen LogP contribution in [0.2, 0.25) is 0 Å². The number of hydrogen-bond acceptors (Lipinski definition) is 1. The van der Waals surface area contributed by atoms with Crippen LogP contribution in [0, 0.1) is 0 Å². The first-order chi connectivity index (χ1) is 5.95. The van der Waals surface area contributed by atoms with Crippen LogP contribution >= 0.6 is 0 Å². The van der Waals surface area contributed by atoms with Crippen LogP contribution in [0.15, 0.2) is 36.4 Å². The van der Waals surface area contributed by atoms with E-state index in [1.54, 1.807) is 0 Å². The molecule has 0 radical (unpaired) electrons. The highest BCUT2D eigenvalue weighted by atomic mass is 16.5. The van der Waals surface area contributed by atoms with E-state index >= 15 is 0 Å². The van der Waals surface area contributed by atoms with E-state index in [9.17, 15) is 0 Å². The van der Waals surface area contributed by atoms with E-state index in [-0.39, 0.29) is 0 Å². The monoisotopic (exact) mass is 158 g/mol. The Kier molecular flexibility index (Phi) is 1.12. The van der Waals surface area contributed by atoms with Crippen LogP contribution in [0.3, 0.4) is 0 Å². The van der Waals surface area contributed by atoms with Crippen LogP contribution in [0.5, 0.6) is 5.75 Å². The standard InChI is InChI=1S/C11H10O/c1-2-6-10-8(4-1)9-5-3-7-11(9)12-10/h1-6,9,11H,7H2. The molecule has 1 aliphatic carbocycles. The second-order valence-corrected chi connectivity index (χ2v) is 3.38. The van der Waals surface area contributed by atoms with Gasteiger partial charge in [-0.05, 0) is 6.07 Å². The molecule has 1 nitrogen and oxygen atoms in total. The molecule has 3 rings (SSSR count). The Morgan fingerprint density at radius 3 is 3.17 bits per heavy atom. The normalized spacial score (nSPS) is 29.7. The fourth-order valence-electron chi connectivity index (χ4n) is 2.08. The van der Waals surface area contributed by atoms with Crippen LogP contribution in [0.1, 0.15) is 17.9 Å². The third kappa shape index (κ3) is 0.685. The molecule has 1 aliphatic heterocycles. The molecule has 0 bridgehead atoms. The zero-order valence-corrected chi connectivity index (χ0v) is 6.73. The summed E-state index contributed by atoms with van der Waals surface area (Å²) in [6, 6.07) is 8.33. The summed E-state index contributed by atoms with van der Waals surface area (Å²) in [5, 5.41) is 0. The van der Waals surface area contributed by atoms with Gasteiger partial charge in [0.1, 0.15) is 11.9 Å². The summed E-state index contributed by atoms with van der Waals surface area (Å²) in [4.78, 5) is 0. The molecule has 12 heavy (non-hydrogen) atoms. The first kappa shape index (κ1) is 6.30. The van der Waals surface area contributed by atoms with Gasteiger partial charge in [-0.2, -0.15) is 0 Å². The Morgan fingerprint density at radius 2 is 2.17 bits per heavy atom. The van der Waals surface area contributed by atoms with Gasteiger partial charge in [0.2, 0.25) is 0 Å². The van der Waals surface area contributed by atoms with Crippen molar-refractivity contribution in [2.45, 2.75) is 18.4 Å². The molecule has 2 aliphatic rings. The highest BCUT2D eigenvalue weighted by molar-refractivity contribution is 5.45. The Bertz CT molecular complexity index is 341. The van der Waals surface area contributed by atoms with Crippen LogP contribution in [-0.4, -0.2) is 6.10 Å². The zero-order valence-electron chi connectivity index (χ0n) is 6.73. The molecule has 2 atom stereocenters. The molecule has 1 aromatic carbocycles. The van der Waals surface area contributed by atoms with E-state index in [1.165, 1.54) is 5.56 Å². The van der Waals surface area contributed by atoms with Crippen molar-refractivity contribution in [3.8, 4) is 5.75 Å². The number of ether oxygens (including phenoxy) is 1. The van der Waals surface area contributed by atoms with Crippen molar-refractivity contribution in [1.29, 1.82) is 0 Å². The van der Waals surface area contributed by atoms with Gasteiger partial charge in [-0.1, -0.05) is 30.4 Å². The van der Waals surface area contributed by atoms with Crippen molar-refractivity contribution < 1.29 is 4.74 Å². The first-order valence-electron chi connectivity index (χ1n) is 4.37. The summed E-state index contributed by atoms with van der Waals surface area (Å²) >= 11 is 0. The molecule has 1 heterocycles. The third-order valence-electron chi connectivity index (χ3n) is 2.67. The van der Waals surface area contributed by atoms with Gasteiger partial charge in [-0.25, -0.2) is 0 Å². The SMILES string of the molecule is C1=CC2c3ccccc3OC2C1. The molecule has 0 fully saturated rings. The van der Waals surface area contributed by atoms with Crippen LogP contribution in [0.25, 0.3) is 0 Å². The van der Waals surface area contributed by atoms with Gasteiger partial charge >= 0.3 is 0 Å². The Hall–Kier alpha value is -1.24. The van der Waals surface area contributed by atoms with Gasteiger partial charge in [0.05, 0.1) is 0 Å². The van der Waals surface area contributed by atoms with E-state index in [1.807, 2.05) is 6.07 Å². The minimum absolute atomic E-state index is 0.391. The lowest BCUT2D eigenvalue weighted by molar-refractivity contribution is 0.232. The van der Waals surface area contributed by atoms with Crippen molar-refractivity contribution in [2.75, 3.05) is 0 Å². The van der Waals surface area contributed by atoms with Crippen LogP contribution in [0.4, 0.5) is 0 Å². The molecular weight excluding hydrogens is 148 g/mol. The minimum Gasteiger partial charge on any atom is -0.489 e. The summed E-state index contributed by atoms with van der Waals surface area (Å²) in [5.41, 5.74) is 1.36. The second kappa shape index (κ2) is 2.13. The molecule has 1 aromatic rings. The van der Waals surface area contributed by atoms with E-state index in [2.05, 4.69) is 30.4 Å². The highest BCUT2D eigenvalue weighted by Gasteiger charge is 2.34. The maximum absolute atomic E-state index is 5.77. The average molecular weight is 158 g/mol. The quantitative estimate of drug-likeness (QED) is 0.527. The predicted molar refractivity (Wildman–Crippen MR) is 47.4 cm³/mol. The molecule has 0 aromatic heterocycles. The fraction of sp³-hybridized carbons (Fsp3) is 0.273. The Morgan fingerprint density at radius 1 is 1.25 bits per heavy atom. The van der Waals surface area contributed by atoms with Gasteiger partial charge in [0.15, 0.2) is 0 Å². The zero-order chi connectivity index (χ0) is 7.97. The van der Waals surface area contributed by atoms with Gasteiger partial charge in [-0.3, -0.25) is 0 Å². The summed E-state index contributed by atoms with van der Waals surface area (Å²) < 4.78 is 5.77. The van der Waals surface area contributed by atoms with Crippen molar-refractivity contribution >= 4 is 0 Å². The van der Waals surface area contributed by atoms with Crippen molar-refractivity contribution in [3.05, 3.63) is 42.0 Å². The smallest absolute Gasteiger partial charge is 0.123 e. The maximum Gasteiger partial charge on any atom is 0.123 e. The van der Waals surface area contributed by atoms with E-state index in [0.29, 0.717) is 12.0 Å². The summed E-state index contributed by atoms with van der Waals surface area (Å²) in [6.45, 7) is 0. The van der Waals surface area contributed by atoms with Crippen molar-refractivity contribution in [2.24, 2.45) is 0 Å². The third-order valence-corrected chi connectivity index (χ3v) is 2.67. The lowest BCUT2D eigenvalue weighted by Gasteiger charge is -2.06. The van der Waals surface area contributed by atoms with Crippen LogP contribution < -0.4 is 4.74 Å². The summed E-state index contributed by atoms with van der Waals surface area (Å²) in [6.07, 6.45) is 5.93. The molecule has 0 N–H and O–H groups in total. The molecular formula is C11H10O. The minimum atomic E-state index is 0.391. The number of rotatable bonds is 0. The van der Waals surface area contributed by atoms with Gasteiger partial charge in [0.25, 0.3) is 0 Å². The molecule has 0 saturated carbocycles. The summed E-state index contributed by atoms with van der Waals surface area (Å²) in [7, 11) is 0. The van der Waals surface area contributed by atoms with E-state index in [4.69, 9.17) is 4.74 Å². The fourth-order valence-corrected chi connectivity index (χ4v) is 2.08.